The van der Waals surface area contributed by atoms with E-state index in [2.05, 4.69) is 10.2 Å². The van der Waals surface area contributed by atoms with Crippen molar-refractivity contribution in [2.45, 2.75) is 37.5 Å². The van der Waals surface area contributed by atoms with Gasteiger partial charge in [0, 0.05) is 28.6 Å². The SMILES string of the molecule is Cc1ccc(S(=O)(=O)n2nc(C)c3ccc(N)cc32)cc1.Cc1ccc(S(=O)(=O)n2nc(C)c3ccc([N+](=O)[O-])cc32)cc1. The van der Waals surface area contributed by atoms with Crippen LogP contribution in [0.1, 0.15) is 22.5 Å². The average Bonchev–Trinajstić information content (AvgIpc) is 3.50. The van der Waals surface area contributed by atoms with Crippen molar-refractivity contribution in [1.82, 2.24) is 18.4 Å². The number of fused-ring (bicyclic) bond motifs is 2. The van der Waals surface area contributed by atoms with E-state index in [0.29, 0.717) is 28.0 Å². The Bertz CT molecular complexity index is 2270. The summed E-state index contributed by atoms with van der Waals surface area (Å²) in [6, 6.07) is 22.3. The lowest BCUT2D eigenvalue weighted by atomic mass is 10.2. The van der Waals surface area contributed by atoms with Gasteiger partial charge in [0.2, 0.25) is 0 Å². The number of rotatable bonds is 5. The number of hydrogen-bond acceptors (Lipinski definition) is 9. The summed E-state index contributed by atoms with van der Waals surface area (Å²) >= 11 is 0. The van der Waals surface area contributed by atoms with Crippen molar-refractivity contribution in [1.29, 1.82) is 0 Å². The maximum absolute atomic E-state index is 12.8. The molecule has 0 aliphatic rings. The number of nitrogens with two attached hydrogens (primary N) is 1. The third-order valence-corrected chi connectivity index (χ3v) is 10.2. The van der Waals surface area contributed by atoms with Gasteiger partial charge in [-0.2, -0.15) is 35.2 Å². The molecule has 2 aromatic heterocycles. The van der Waals surface area contributed by atoms with Gasteiger partial charge in [-0.15, -0.1) is 0 Å². The summed E-state index contributed by atoms with van der Waals surface area (Å²) in [5.41, 5.74) is 9.85. The van der Waals surface area contributed by atoms with E-state index < -0.39 is 25.0 Å². The fourth-order valence-electron chi connectivity index (χ4n) is 4.59. The first-order valence-corrected chi connectivity index (χ1v) is 16.1. The highest BCUT2D eigenvalue weighted by molar-refractivity contribution is 7.90. The van der Waals surface area contributed by atoms with Crippen LogP contribution in [0.15, 0.2) is 94.7 Å². The number of benzene rings is 4. The minimum atomic E-state index is -3.92. The molecule has 44 heavy (non-hydrogen) atoms. The monoisotopic (exact) mass is 632 g/mol. The zero-order chi connectivity index (χ0) is 32.0. The molecule has 0 fully saturated rings. The Labute approximate surface area is 253 Å². The number of anilines is 1. The Kier molecular flexibility index (Phi) is 7.74. The second-order valence-corrected chi connectivity index (χ2v) is 13.8. The van der Waals surface area contributed by atoms with Gasteiger partial charge in [0.25, 0.3) is 25.7 Å². The highest BCUT2D eigenvalue weighted by Crippen LogP contribution is 2.27. The van der Waals surface area contributed by atoms with Crippen LogP contribution >= 0.6 is 0 Å². The van der Waals surface area contributed by atoms with Crippen molar-refractivity contribution in [3.8, 4) is 0 Å². The molecule has 2 N–H and O–H groups in total. The van der Waals surface area contributed by atoms with Gasteiger partial charge in [0.1, 0.15) is 0 Å². The number of nitrogens with zero attached hydrogens (tertiary/aromatic N) is 5. The lowest BCUT2D eigenvalue weighted by Crippen LogP contribution is -2.14. The maximum Gasteiger partial charge on any atom is 0.283 e. The van der Waals surface area contributed by atoms with Gasteiger partial charge in [0.05, 0.1) is 37.1 Å². The zero-order valence-electron chi connectivity index (χ0n) is 24.2. The van der Waals surface area contributed by atoms with E-state index in [1.54, 1.807) is 68.4 Å². The molecule has 12 nitrogen and oxygen atoms in total. The number of aromatic nitrogens is 4. The van der Waals surface area contributed by atoms with Crippen LogP contribution in [-0.4, -0.2) is 40.1 Å². The standard InChI is InChI=1S/C15H13N3O4S.C15H15N3O2S/c1-10-3-6-13(7-4-10)23(21,22)17-15-9-12(18(19)20)5-8-14(15)11(2)16-17;1-10-3-6-13(7-4-10)21(19,20)18-15-9-12(16)5-8-14(15)11(2)17-18/h3-9H,1-2H3;3-9H,16H2,1-2H3. The van der Waals surface area contributed by atoms with Crippen LogP contribution in [0, 0.1) is 37.8 Å². The van der Waals surface area contributed by atoms with Gasteiger partial charge in [-0.3, -0.25) is 10.1 Å². The number of nitro groups is 1. The summed E-state index contributed by atoms with van der Waals surface area (Å²) in [7, 11) is -7.65. The summed E-state index contributed by atoms with van der Waals surface area (Å²) in [4.78, 5) is 10.7. The molecule has 14 heteroatoms. The van der Waals surface area contributed by atoms with Crippen molar-refractivity contribution in [3.63, 3.8) is 0 Å². The summed E-state index contributed by atoms with van der Waals surface area (Å²) in [6.45, 7) is 7.20. The maximum atomic E-state index is 12.8. The molecule has 0 spiro atoms. The molecule has 0 radical (unpaired) electrons. The molecule has 0 amide bonds. The molecule has 0 aliphatic heterocycles. The molecule has 0 atom stereocenters. The van der Waals surface area contributed by atoms with Gasteiger partial charge in [0.15, 0.2) is 0 Å². The first-order chi connectivity index (χ1) is 20.7. The Balaban J connectivity index is 0.000000175. The Morgan fingerprint density at radius 1 is 0.636 bits per heavy atom. The molecule has 0 saturated carbocycles. The average molecular weight is 633 g/mol. The van der Waals surface area contributed by atoms with Crippen LogP contribution in [0.4, 0.5) is 11.4 Å². The van der Waals surface area contributed by atoms with Gasteiger partial charge < -0.3 is 5.73 Å². The fraction of sp³-hybridized carbons (Fsp3) is 0.133. The lowest BCUT2D eigenvalue weighted by Gasteiger charge is -2.06. The second kappa shape index (κ2) is 11.2. The van der Waals surface area contributed by atoms with E-state index >= 15 is 0 Å². The van der Waals surface area contributed by atoms with Gasteiger partial charge >= 0.3 is 0 Å². The third-order valence-electron chi connectivity index (χ3n) is 6.98. The normalized spacial score (nSPS) is 11.8. The van der Waals surface area contributed by atoms with Crippen molar-refractivity contribution < 1.29 is 21.8 Å². The predicted molar refractivity (Wildman–Crippen MR) is 168 cm³/mol. The van der Waals surface area contributed by atoms with E-state index in [0.717, 1.165) is 24.7 Å². The van der Waals surface area contributed by atoms with Crippen molar-refractivity contribution in [2.75, 3.05) is 5.73 Å². The highest BCUT2D eigenvalue weighted by Gasteiger charge is 2.24. The minimum Gasteiger partial charge on any atom is -0.399 e. The summed E-state index contributed by atoms with van der Waals surface area (Å²) in [6.07, 6.45) is 0. The first kappa shape index (κ1) is 30.4. The van der Waals surface area contributed by atoms with Crippen LogP contribution in [0.2, 0.25) is 0 Å². The number of aryl methyl sites for hydroxylation is 4. The molecule has 4 aromatic carbocycles. The van der Waals surface area contributed by atoms with Crippen LogP contribution < -0.4 is 5.73 Å². The van der Waals surface area contributed by atoms with Crippen molar-refractivity contribution >= 4 is 53.2 Å². The Morgan fingerprint density at radius 2 is 1.05 bits per heavy atom. The van der Waals surface area contributed by atoms with Crippen molar-refractivity contribution in [3.05, 3.63) is 118 Å². The summed E-state index contributed by atoms with van der Waals surface area (Å²) in [5.74, 6) is 0. The van der Waals surface area contributed by atoms with E-state index in [1.807, 2.05) is 13.8 Å². The van der Waals surface area contributed by atoms with E-state index in [9.17, 15) is 26.9 Å². The van der Waals surface area contributed by atoms with Crippen LogP contribution in [-0.2, 0) is 20.0 Å². The molecule has 226 valence electrons. The van der Waals surface area contributed by atoms with Gasteiger partial charge in [-0.25, -0.2) is 0 Å². The molecule has 0 bridgehead atoms. The Morgan fingerprint density at radius 3 is 1.48 bits per heavy atom. The number of hydrogen-bond donors (Lipinski definition) is 1. The molecular formula is C30H28N6O6S2. The fourth-order valence-corrected chi connectivity index (χ4v) is 7.22. The summed E-state index contributed by atoms with van der Waals surface area (Å²) in [5, 5.41) is 20.5. The van der Waals surface area contributed by atoms with Gasteiger partial charge in [-0.05, 0) is 76.2 Å². The lowest BCUT2D eigenvalue weighted by molar-refractivity contribution is -0.384. The highest BCUT2D eigenvalue weighted by atomic mass is 32.2. The molecule has 0 saturated heterocycles. The van der Waals surface area contributed by atoms with Crippen molar-refractivity contribution in [2.24, 2.45) is 0 Å². The minimum absolute atomic E-state index is 0.0824. The molecular weight excluding hydrogens is 605 g/mol. The molecule has 0 aliphatic carbocycles. The Hall–Kier alpha value is -5.08. The van der Waals surface area contributed by atoms with E-state index in [1.165, 1.54) is 30.3 Å². The smallest absolute Gasteiger partial charge is 0.283 e. The number of non-ortho nitro benzene ring substituents is 1. The number of nitrogen functional groups attached to an aromatic ring is 1. The molecule has 6 rings (SSSR count). The van der Waals surface area contributed by atoms with Gasteiger partial charge in [-0.1, -0.05) is 35.4 Å². The molecule has 0 unspecified atom stereocenters. The third kappa shape index (κ3) is 5.52. The largest absolute Gasteiger partial charge is 0.399 e. The van der Waals surface area contributed by atoms with Crippen LogP contribution in [0.3, 0.4) is 0 Å². The predicted octanol–water partition coefficient (Wildman–Crippen LogP) is 5.27. The molecule has 6 aromatic rings. The van der Waals surface area contributed by atoms with E-state index in [-0.39, 0.29) is 21.0 Å². The zero-order valence-corrected chi connectivity index (χ0v) is 25.8. The topological polar surface area (TPSA) is 173 Å². The van der Waals surface area contributed by atoms with Crippen LogP contribution in [0.5, 0.6) is 0 Å². The molecule has 2 heterocycles. The quantitative estimate of drug-likeness (QED) is 0.151. The number of nitro benzene ring substituents is 1. The second-order valence-electron chi connectivity index (χ2n) is 10.2. The van der Waals surface area contributed by atoms with E-state index in [4.69, 9.17) is 5.73 Å². The first-order valence-electron chi connectivity index (χ1n) is 13.2. The van der Waals surface area contributed by atoms with Crippen LogP contribution in [0.25, 0.3) is 21.8 Å². The summed E-state index contributed by atoms with van der Waals surface area (Å²) < 4.78 is 53.0.